The summed E-state index contributed by atoms with van der Waals surface area (Å²) in [6.45, 7) is 3.32. The fourth-order valence-electron chi connectivity index (χ4n) is 1.17. The molecular weight excluding hydrogens is 358 g/mol. The van der Waals surface area contributed by atoms with E-state index < -0.39 is 19.6 Å². The molecule has 0 saturated carbocycles. The minimum Gasteiger partial charge on any atom is -0.388 e. The molecule has 0 aromatic carbocycles. The van der Waals surface area contributed by atoms with E-state index in [1.165, 1.54) is 14.2 Å². The van der Waals surface area contributed by atoms with Gasteiger partial charge >= 0.3 is 7.60 Å². The molecule has 100 valence electrons. The summed E-state index contributed by atoms with van der Waals surface area (Å²) in [7, 11) is -0.890. The Morgan fingerprint density at radius 3 is 2.29 bits per heavy atom. The summed E-state index contributed by atoms with van der Waals surface area (Å²) >= 11 is 1.99. The van der Waals surface area contributed by atoms with Crippen molar-refractivity contribution in [1.29, 1.82) is 0 Å². The van der Waals surface area contributed by atoms with E-state index >= 15 is 0 Å². The smallest absolute Gasteiger partial charge is 0.337 e. The third-order valence-corrected chi connectivity index (χ3v) is 5.32. The predicted octanol–water partition coefficient (Wildman–Crippen LogP) is 2.38. The van der Waals surface area contributed by atoms with E-state index in [9.17, 15) is 14.5 Å². The van der Waals surface area contributed by atoms with E-state index in [0.717, 1.165) is 0 Å². The van der Waals surface area contributed by atoms with Crippen molar-refractivity contribution in [2.45, 2.75) is 20.0 Å². The first-order chi connectivity index (χ1) is 7.81. The second-order valence-electron chi connectivity index (χ2n) is 3.69. The second-order valence-corrected chi connectivity index (χ2v) is 6.58. The van der Waals surface area contributed by atoms with Gasteiger partial charge in [-0.05, 0) is 16.6 Å². The zero-order chi connectivity index (χ0) is 13.6. The number of halogens is 1. The van der Waals surface area contributed by atoms with Gasteiger partial charge in [-0.2, -0.15) is 0 Å². The molecule has 0 aliphatic heterocycles. The summed E-state index contributed by atoms with van der Waals surface area (Å²) in [5.41, 5.74) is 0.691. The molecule has 2 atom stereocenters. The minimum atomic E-state index is -3.35. The fourth-order valence-corrected chi connectivity index (χ4v) is 2.62. The summed E-state index contributed by atoms with van der Waals surface area (Å²) in [5, 5.41) is 9.83. The molecule has 0 heterocycles. The van der Waals surface area contributed by atoms with Crippen LogP contribution in [0.1, 0.15) is 13.8 Å². The lowest BCUT2D eigenvalue weighted by Gasteiger charge is -2.20. The zero-order valence-electron chi connectivity index (χ0n) is 10.3. The maximum atomic E-state index is 11.8. The van der Waals surface area contributed by atoms with Crippen LogP contribution in [0, 0.1) is 5.92 Å². The molecular formula is C10H18IO5P. The lowest BCUT2D eigenvalue weighted by Crippen LogP contribution is -2.29. The summed E-state index contributed by atoms with van der Waals surface area (Å²) in [4.78, 5) is 11.8. The number of aliphatic hydroxyl groups is 1. The third-order valence-electron chi connectivity index (χ3n) is 2.53. The summed E-state index contributed by atoms with van der Waals surface area (Å²) in [6, 6.07) is 0. The monoisotopic (exact) mass is 376 g/mol. The lowest BCUT2D eigenvalue weighted by atomic mass is 9.96. The van der Waals surface area contributed by atoms with E-state index in [4.69, 9.17) is 0 Å². The van der Waals surface area contributed by atoms with Crippen LogP contribution < -0.4 is 0 Å². The molecule has 0 rings (SSSR count). The zero-order valence-corrected chi connectivity index (χ0v) is 13.4. The first-order valence-electron chi connectivity index (χ1n) is 4.99. The van der Waals surface area contributed by atoms with Crippen molar-refractivity contribution in [3.63, 3.8) is 0 Å². The molecule has 0 radical (unpaired) electrons. The molecule has 1 N–H and O–H groups in total. The molecule has 0 spiro atoms. The van der Waals surface area contributed by atoms with Crippen LogP contribution in [0.25, 0.3) is 0 Å². The minimum absolute atomic E-state index is 0.327. The van der Waals surface area contributed by atoms with E-state index in [2.05, 4.69) is 9.05 Å². The molecule has 0 amide bonds. The van der Waals surface area contributed by atoms with Gasteiger partial charge in [0.2, 0.25) is 0 Å². The quantitative estimate of drug-likeness (QED) is 0.546. The number of hydrogen-bond donors (Lipinski definition) is 1. The topological polar surface area (TPSA) is 72.8 Å². The summed E-state index contributed by atoms with van der Waals surface area (Å²) < 4.78 is 22.8. The van der Waals surface area contributed by atoms with Gasteiger partial charge in [-0.3, -0.25) is 9.36 Å². The molecule has 0 aromatic heterocycles. The molecule has 0 aliphatic carbocycles. The number of hydrogen-bond acceptors (Lipinski definition) is 5. The van der Waals surface area contributed by atoms with Gasteiger partial charge in [0.1, 0.15) is 6.16 Å². The molecule has 5 nitrogen and oxygen atoms in total. The van der Waals surface area contributed by atoms with Crippen LogP contribution in [0.5, 0.6) is 0 Å². The molecule has 17 heavy (non-hydrogen) atoms. The average Bonchev–Trinajstić information content (AvgIpc) is 2.35. The van der Waals surface area contributed by atoms with E-state index in [0.29, 0.717) is 5.57 Å². The van der Waals surface area contributed by atoms with Gasteiger partial charge in [-0.15, -0.1) is 0 Å². The van der Waals surface area contributed by atoms with Crippen LogP contribution in [0.3, 0.4) is 0 Å². The van der Waals surface area contributed by atoms with Crippen molar-refractivity contribution in [1.82, 2.24) is 0 Å². The number of aliphatic hydroxyl groups excluding tert-OH is 1. The lowest BCUT2D eigenvalue weighted by molar-refractivity contribution is -0.122. The average molecular weight is 376 g/mol. The van der Waals surface area contributed by atoms with Gasteiger partial charge in [0.25, 0.3) is 0 Å². The molecule has 0 unspecified atom stereocenters. The highest BCUT2D eigenvalue weighted by atomic mass is 127. The van der Waals surface area contributed by atoms with Crippen molar-refractivity contribution in [2.24, 2.45) is 5.92 Å². The number of carbonyl (C=O) groups excluding carboxylic acids is 1. The Bertz CT molecular complexity index is 334. The number of rotatable bonds is 7. The van der Waals surface area contributed by atoms with Crippen LogP contribution >= 0.6 is 30.2 Å². The van der Waals surface area contributed by atoms with Crippen LogP contribution in [-0.2, 0) is 18.4 Å². The summed E-state index contributed by atoms with van der Waals surface area (Å²) in [6.07, 6.45) is -1.20. The molecule has 0 fully saturated rings. The number of Topliss-reactive ketones (excluding diaryl/α,β-unsaturated/α-hetero) is 1. The molecule has 0 saturated heterocycles. The largest absolute Gasteiger partial charge is 0.388 e. The van der Waals surface area contributed by atoms with Crippen LogP contribution in [-0.4, -0.2) is 37.4 Å². The van der Waals surface area contributed by atoms with Crippen LogP contribution in [0.4, 0.5) is 0 Å². The standard InChI is InChI=1S/C10H18IO5P/c1-7(5-11)10(13)8(2)9(12)6-17(14,15-3)16-4/h5,8,10,13H,6H2,1-4H3/b7-5+/t8-,10+/m0/s1. The highest BCUT2D eigenvalue weighted by Gasteiger charge is 2.31. The van der Waals surface area contributed by atoms with E-state index in [-0.39, 0.29) is 11.9 Å². The van der Waals surface area contributed by atoms with Gasteiger partial charge in [0.15, 0.2) is 5.78 Å². The molecule has 7 heteroatoms. The Labute approximate surface area is 115 Å². The van der Waals surface area contributed by atoms with Gasteiger partial charge < -0.3 is 14.2 Å². The molecule has 0 bridgehead atoms. The number of ketones is 1. The third kappa shape index (κ3) is 5.18. The Morgan fingerprint density at radius 1 is 1.47 bits per heavy atom. The highest BCUT2D eigenvalue weighted by molar-refractivity contribution is 14.1. The number of carbonyl (C=O) groups is 1. The SMILES string of the molecule is COP(=O)(CC(=O)[C@H](C)[C@H](O)/C(C)=C/I)OC. The summed E-state index contributed by atoms with van der Waals surface area (Å²) in [5.74, 6) is -0.984. The maximum Gasteiger partial charge on any atom is 0.337 e. The fraction of sp³-hybridized carbons (Fsp3) is 0.700. The van der Waals surface area contributed by atoms with E-state index in [1.807, 2.05) is 22.6 Å². The van der Waals surface area contributed by atoms with Crippen LogP contribution in [0.2, 0.25) is 0 Å². The van der Waals surface area contributed by atoms with Crippen LogP contribution in [0.15, 0.2) is 9.66 Å². The molecule has 0 aliphatic rings. The van der Waals surface area contributed by atoms with Crippen molar-refractivity contribution >= 4 is 36.0 Å². The van der Waals surface area contributed by atoms with Gasteiger partial charge in [0, 0.05) is 20.1 Å². The predicted molar refractivity (Wildman–Crippen MR) is 74.4 cm³/mol. The van der Waals surface area contributed by atoms with Crippen molar-refractivity contribution in [3.05, 3.63) is 9.66 Å². The Kier molecular flexibility index (Phi) is 7.75. The normalized spacial score (nSPS) is 16.7. The first-order valence-corrected chi connectivity index (χ1v) is 7.96. The van der Waals surface area contributed by atoms with Gasteiger partial charge in [-0.25, -0.2) is 0 Å². The van der Waals surface area contributed by atoms with Crippen molar-refractivity contribution in [3.8, 4) is 0 Å². The van der Waals surface area contributed by atoms with Crippen molar-refractivity contribution < 1.29 is 23.5 Å². The van der Waals surface area contributed by atoms with Crippen molar-refractivity contribution in [2.75, 3.05) is 20.4 Å². The Hall–Kier alpha value is 0.250. The highest BCUT2D eigenvalue weighted by Crippen LogP contribution is 2.46. The van der Waals surface area contributed by atoms with E-state index in [1.54, 1.807) is 17.9 Å². The van der Waals surface area contributed by atoms with Gasteiger partial charge in [0.05, 0.1) is 6.10 Å². The second kappa shape index (κ2) is 7.63. The maximum absolute atomic E-state index is 11.8. The molecule has 0 aromatic rings. The first kappa shape index (κ1) is 17.2. The Balaban J connectivity index is 4.68. The Morgan fingerprint density at radius 2 is 1.94 bits per heavy atom. The van der Waals surface area contributed by atoms with Gasteiger partial charge in [-0.1, -0.05) is 29.5 Å².